The second kappa shape index (κ2) is 7.39. The van der Waals surface area contributed by atoms with Gasteiger partial charge in [0.15, 0.2) is 0 Å². The van der Waals surface area contributed by atoms with Crippen molar-refractivity contribution in [2.45, 2.75) is 39.3 Å². The molecule has 0 amide bonds. The number of benzene rings is 1. The molecule has 0 fully saturated rings. The fourth-order valence-electron chi connectivity index (χ4n) is 1.66. The van der Waals surface area contributed by atoms with Gasteiger partial charge in [-0.1, -0.05) is 19.1 Å². The molecule has 0 heterocycles. The summed E-state index contributed by atoms with van der Waals surface area (Å²) in [6, 6.07) is 8.69. The number of nitrogens with two attached hydrogens (primary N) is 1. The summed E-state index contributed by atoms with van der Waals surface area (Å²) in [4.78, 5) is 2.26. The highest BCUT2D eigenvalue weighted by Crippen LogP contribution is 2.17. The highest BCUT2D eigenvalue weighted by molar-refractivity contribution is 5.29. The largest absolute Gasteiger partial charge is 0.494 e. The van der Waals surface area contributed by atoms with Gasteiger partial charge < -0.3 is 15.4 Å². The van der Waals surface area contributed by atoms with Crippen molar-refractivity contribution in [2.24, 2.45) is 5.73 Å². The van der Waals surface area contributed by atoms with Crippen LogP contribution in [-0.4, -0.2) is 31.1 Å². The van der Waals surface area contributed by atoms with E-state index < -0.39 is 0 Å². The predicted octanol–water partition coefficient (Wildman–Crippen LogP) is 2.82. The smallest absolute Gasteiger partial charge is 0.119 e. The molecule has 1 aromatic rings. The molecule has 1 unspecified atom stereocenters. The summed E-state index contributed by atoms with van der Waals surface area (Å²) in [5, 5.41) is 0. The van der Waals surface area contributed by atoms with E-state index in [0.717, 1.165) is 30.9 Å². The van der Waals surface area contributed by atoms with Gasteiger partial charge in [-0.05, 0) is 45.0 Å². The molecule has 0 saturated heterocycles. The molecule has 0 aliphatic heterocycles. The molecule has 3 heteroatoms. The Kier molecular flexibility index (Phi) is 6.16. The zero-order valence-corrected chi connectivity index (χ0v) is 12.0. The maximum atomic E-state index is 6.20. The van der Waals surface area contributed by atoms with Crippen molar-refractivity contribution in [1.29, 1.82) is 0 Å². The number of ether oxygens (including phenoxy) is 1. The van der Waals surface area contributed by atoms with Gasteiger partial charge in [0.25, 0.3) is 0 Å². The predicted molar refractivity (Wildman–Crippen MR) is 76.9 cm³/mol. The zero-order chi connectivity index (χ0) is 13.5. The summed E-state index contributed by atoms with van der Waals surface area (Å²) >= 11 is 0. The molecule has 1 aromatic carbocycles. The van der Waals surface area contributed by atoms with Crippen LogP contribution >= 0.6 is 0 Å². The van der Waals surface area contributed by atoms with Crippen LogP contribution in [-0.2, 0) is 0 Å². The summed E-state index contributed by atoms with van der Waals surface area (Å²) < 4.78 is 5.56. The monoisotopic (exact) mass is 250 g/mol. The fraction of sp³-hybridized carbons (Fsp3) is 0.600. The Bertz CT molecular complexity index is 335. The lowest BCUT2D eigenvalue weighted by molar-refractivity contribution is 0.257. The first-order chi connectivity index (χ1) is 8.54. The molecular weight excluding hydrogens is 224 g/mol. The van der Waals surface area contributed by atoms with Gasteiger partial charge in [0, 0.05) is 18.6 Å². The van der Waals surface area contributed by atoms with E-state index in [1.54, 1.807) is 0 Å². The molecule has 0 bridgehead atoms. The van der Waals surface area contributed by atoms with Gasteiger partial charge >= 0.3 is 0 Å². The van der Waals surface area contributed by atoms with Gasteiger partial charge in [-0.2, -0.15) is 0 Å². The molecule has 1 atom stereocenters. The van der Waals surface area contributed by atoms with Crippen LogP contribution in [0.2, 0.25) is 0 Å². The van der Waals surface area contributed by atoms with Gasteiger partial charge in [0.2, 0.25) is 0 Å². The molecule has 0 aliphatic carbocycles. The van der Waals surface area contributed by atoms with Crippen LogP contribution < -0.4 is 10.5 Å². The molecule has 1 rings (SSSR count). The number of rotatable bonds is 7. The van der Waals surface area contributed by atoms with Crippen LogP contribution in [0.1, 0.15) is 38.8 Å². The SMILES string of the molecule is CCCOc1ccc(C(N)CN(C)C(C)C)cc1. The van der Waals surface area contributed by atoms with E-state index in [9.17, 15) is 0 Å². The maximum Gasteiger partial charge on any atom is 0.119 e. The van der Waals surface area contributed by atoms with E-state index in [4.69, 9.17) is 10.5 Å². The van der Waals surface area contributed by atoms with Gasteiger partial charge in [0.05, 0.1) is 6.61 Å². The minimum absolute atomic E-state index is 0.0534. The molecule has 0 radical (unpaired) electrons. The Morgan fingerprint density at radius 3 is 2.33 bits per heavy atom. The third kappa shape index (κ3) is 4.67. The number of hydrogen-bond donors (Lipinski definition) is 1. The average Bonchev–Trinajstić information content (AvgIpc) is 2.36. The maximum absolute atomic E-state index is 6.20. The first-order valence-electron chi connectivity index (χ1n) is 6.73. The van der Waals surface area contributed by atoms with Crippen molar-refractivity contribution < 1.29 is 4.74 Å². The second-order valence-corrected chi connectivity index (χ2v) is 5.06. The summed E-state index contributed by atoms with van der Waals surface area (Å²) in [5.41, 5.74) is 7.36. The van der Waals surface area contributed by atoms with Crippen molar-refractivity contribution in [2.75, 3.05) is 20.2 Å². The van der Waals surface area contributed by atoms with Gasteiger partial charge in [-0.3, -0.25) is 0 Å². The minimum atomic E-state index is 0.0534. The van der Waals surface area contributed by atoms with E-state index in [0.29, 0.717) is 6.04 Å². The third-order valence-corrected chi connectivity index (χ3v) is 3.15. The summed E-state index contributed by atoms with van der Waals surface area (Å²) in [5.74, 6) is 0.921. The van der Waals surface area contributed by atoms with Crippen molar-refractivity contribution in [3.05, 3.63) is 29.8 Å². The van der Waals surface area contributed by atoms with Crippen LogP contribution in [0.15, 0.2) is 24.3 Å². The topological polar surface area (TPSA) is 38.5 Å². The molecule has 2 N–H and O–H groups in total. The normalized spacial score (nSPS) is 13.1. The van der Waals surface area contributed by atoms with E-state index in [1.807, 2.05) is 12.1 Å². The highest BCUT2D eigenvalue weighted by atomic mass is 16.5. The van der Waals surface area contributed by atoms with E-state index in [-0.39, 0.29) is 6.04 Å². The Morgan fingerprint density at radius 1 is 1.22 bits per heavy atom. The van der Waals surface area contributed by atoms with E-state index >= 15 is 0 Å². The number of hydrogen-bond acceptors (Lipinski definition) is 3. The third-order valence-electron chi connectivity index (χ3n) is 3.15. The van der Waals surface area contributed by atoms with E-state index in [1.165, 1.54) is 0 Å². The lowest BCUT2D eigenvalue weighted by Crippen LogP contribution is -2.33. The molecule has 3 nitrogen and oxygen atoms in total. The first-order valence-corrected chi connectivity index (χ1v) is 6.73. The quantitative estimate of drug-likeness (QED) is 0.808. The van der Waals surface area contributed by atoms with Crippen LogP contribution in [0.3, 0.4) is 0 Å². The summed E-state index contributed by atoms with van der Waals surface area (Å²) in [6.45, 7) is 8.09. The fourth-order valence-corrected chi connectivity index (χ4v) is 1.66. The average molecular weight is 250 g/mol. The molecular formula is C15H26N2O. The van der Waals surface area contributed by atoms with Crippen LogP contribution in [0, 0.1) is 0 Å². The van der Waals surface area contributed by atoms with Gasteiger partial charge in [-0.25, -0.2) is 0 Å². The highest BCUT2D eigenvalue weighted by Gasteiger charge is 2.11. The molecule has 0 aliphatic rings. The van der Waals surface area contributed by atoms with Crippen LogP contribution in [0.25, 0.3) is 0 Å². The molecule has 18 heavy (non-hydrogen) atoms. The molecule has 0 saturated carbocycles. The van der Waals surface area contributed by atoms with Crippen molar-refractivity contribution in [1.82, 2.24) is 4.90 Å². The van der Waals surface area contributed by atoms with Crippen molar-refractivity contribution >= 4 is 0 Å². The Hall–Kier alpha value is -1.06. The zero-order valence-electron chi connectivity index (χ0n) is 12.0. The molecule has 102 valence electrons. The summed E-state index contributed by atoms with van der Waals surface area (Å²) in [6.07, 6.45) is 1.03. The van der Waals surface area contributed by atoms with Crippen molar-refractivity contribution in [3.63, 3.8) is 0 Å². The van der Waals surface area contributed by atoms with Crippen LogP contribution in [0.4, 0.5) is 0 Å². The van der Waals surface area contributed by atoms with Gasteiger partial charge in [-0.15, -0.1) is 0 Å². The number of nitrogens with zero attached hydrogens (tertiary/aromatic N) is 1. The second-order valence-electron chi connectivity index (χ2n) is 5.06. The minimum Gasteiger partial charge on any atom is -0.494 e. The van der Waals surface area contributed by atoms with Gasteiger partial charge in [0.1, 0.15) is 5.75 Å². The lowest BCUT2D eigenvalue weighted by Gasteiger charge is -2.25. The van der Waals surface area contributed by atoms with E-state index in [2.05, 4.69) is 44.9 Å². The lowest BCUT2D eigenvalue weighted by atomic mass is 10.1. The van der Waals surface area contributed by atoms with Crippen molar-refractivity contribution in [3.8, 4) is 5.75 Å². The summed E-state index contributed by atoms with van der Waals surface area (Å²) in [7, 11) is 2.10. The Morgan fingerprint density at radius 2 is 1.83 bits per heavy atom. The standard InChI is InChI=1S/C15H26N2O/c1-5-10-18-14-8-6-13(7-9-14)15(16)11-17(4)12(2)3/h6-9,12,15H,5,10-11,16H2,1-4H3. The molecule has 0 spiro atoms. The first kappa shape index (κ1) is 15.0. The Balaban J connectivity index is 2.55. The van der Waals surface area contributed by atoms with Crippen LogP contribution in [0.5, 0.6) is 5.75 Å². The number of likely N-dealkylation sites (N-methyl/N-ethyl adjacent to an activating group) is 1. The Labute approximate surface area is 111 Å². The molecule has 0 aromatic heterocycles.